The van der Waals surface area contributed by atoms with Crippen molar-refractivity contribution in [3.63, 3.8) is 0 Å². The lowest BCUT2D eigenvalue weighted by Crippen LogP contribution is -2.40. The van der Waals surface area contributed by atoms with E-state index in [2.05, 4.69) is 19.1 Å². The maximum atomic E-state index is 10.3. The molecule has 2 atom stereocenters. The van der Waals surface area contributed by atoms with Crippen LogP contribution in [0.4, 0.5) is 0 Å². The van der Waals surface area contributed by atoms with Gasteiger partial charge in [-0.2, -0.15) is 0 Å². The van der Waals surface area contributed by atoms with Crippen LogP contribution >= 0.6 is 0 Å². The van der Waals surface area contributed by atoms with Crippen LogP contribution in [0, 0.1) is 6.92 Å². The van der Waals surface area contributed by atoms with E-state index in [1.807, 2.05) is 36.4 Å². The molecule has 2 aromatic carbocycles. The molecule has 0 bridgehead atoms. The third-order valence-corrected chi connectivity index (χ3v) is 3.53. The van der Waals surface area contributed by atoms with Gasteiger partial charge in [0.15, 0.2) is 17.6 Å². The third-order valence-electron chi connectivity index (χ3n) is 3.53. The lowest BCUT2D eigenvalue weighted by atomic mass is 10.0. The zero-order valence-electron chi connectivity index (χ0n) is 11.5. The van der Waals surface area contributed by atoms with Crippen LogP contribution in [0.2, 0.25) is 0 Å². The molecule has 1 N–H and O–H groups in total. The fraction of sp³-hybridized carbons (Fsp3) is 0.294. The molecule has 3 rings (SSSR count). The first-order chi connectivity index (χ1) is 9.72. The number of aliphatic hydroxyl groups excluding tert-OH is 1. The number of fused-ring (bicyclic) bond motifs is 1. The summed E-state index contributed by atoms with van der Waals surface area (Å²) < 4.78 is 11.4. The molecular formula is C17H18O3. The average Bonchev–Trinajstić information content (AvgIpc) is 2.49. The first-order valence-electron chi connectivity index (χ1n) is 6.84. The van der Waals surface area contributed by atoms with Crippen LogP contribution in [0.25, 0.3) is 0 Å². The topological polar surface area (TPSA) is 38.7 Å². The molecule has 0 spiro atoms. The Morgan fingerprint density at radius 1 is 1.10 bits per heavy atom. The minimum absolute atomic E-state index is 0.328. The van der Waals surface area contributed by atoms with Gasteiger partial charge in [-0.25, -0.2) is 0 Å². The van der Waals surface area contributed by atoms with Gasteiger partial charge in [0.25, 0.3) is 0 Å². The Bertz CT molecular complexity index is 577. The highest BCUT2D eigenvalue weighted by molar-refractivity contribution is 5.40. The van der Waals surface area contributed by atoms with Crippen LogP contribution in [-0.4, -0.2) is 23.9 Å². The van der Waals surface area contributed by atoms with E-state index in [-0.39, 0.29) is 6.10 Å². The number of ether oxygens (including phenoxy) is 2. The smallest absolute Gasteiger partial charge is 0.161 e. The highest BCUT2D eigenvalue weighted by atomic mass is 16.6. The number of hydrogen-bond donors (Lipinski definition) is 1. The van der Waals surface area contributed by atoms with Gasteiger partial charge in [0.2, 0.25) is 0 Å². The third kappa shape index (κ3) is 2.78. The summed E-state index contributed by atoms with van der Waals surface area (Å²) in [6.45, 7) is 2.43. The SMILES string of the molecule is Cc1ccc(CC(O)C2COc3ccccc3O2)cc1. The summed E-state index contributed by atoms with van der Waals surface area (Å²) in [6, 6.07) is 15.7. The largest absolute Gasteiger partial charge is 0.486 e. The molecule has 0 fully saturated rings. The second kappa shape index (κ2) is 5.55. The molecule has 3 nitrogen and oxygen atoms in total. The fourth-order valence-corrected chi connectivity index (χ4v) is 2.32. The van der Waals surface area contributed by atoms with Crippen molar-refractivity contribution in [3.05, 3.63) is 59.7 Å². The van der Waals surface area contributed by atoms with Gasteiger partial charge in [0.05, 0.1) is 6.10 Å². The van der Waals surface area contributed by atoms with Crippen molar-refractivity contribution in [3.8, 4) is 11.5 Å². The molecule has 0 amide bonds. The summed E-state index contributed by atoms with van der Waals surface area (Å²) in [5.74, 6) is 1.44. The van der Waals surface area contributed by atoms with Crippen LogP contribution in [0.3, 0.4) is 0 Å². The van der Waals surface area contributed by atoms with E-state index in [1.54, 1.807) is 0 Å². The van der Waals surface area contributed by atoms with Crippen LogP contribution < -0.4 is 9.47 Å². The molecule has 0 radical (unpaired) electrons. The Balaban J connectivity index is 1.67. The minimum Gasteiger partial charge on any atom is -0.486 e. The second-order valence-corrected chi connectivity index (χ2v) is 5.17. The number of aliphatic hydroxyl groups is 1. The Hall–Kier alpha value is -2.00. The first kappa shape index (κ1) is 13.0. The van der Waals surface area contributed by atoms with Gasteiger partial charge in [-0.3, -0.25) is 0 Å². The van der Waals surface area contributed by atoms with Crippen molar-refractivity contribution in [2.24, 2.45) is 0 Å². The van der Waals surface area contributed by atoms with E-state index in [0.717, 1.165) is 11.3 Å². The Kier molecular flexibility index (Phi) is 3.61. The van der Waals surface area contributed by atoms with E-state index < -0.39 is 6.10 Å². The van der Waals surface area contributed by atoms with Crippen LogP contribution in [-0.2, 0) is 6.42 Å². The normalized spacial score (nSPS) is 18.6. The van der Waals surface area contributed by atoms with Gasteiger partial charge < -0.3 is 14.6 Å². The summed E-state index contributed by atoms with van der Waals surface area (Å²) in [5.41, 5.74) is 2.32. The average molecular weight is 270 g/mol. The number of benzene rings is 2. The molecular weight excluding hydrogens is 252 g/mol. The number of rotatable bonds is 3. The predicted molar refractivity (Wildman–Crippen MR) is 77.2 cm³/mol. The quantitative estimate of drug-likeness (QED) is 0.932. The monoisotopic (exact) mass is 270 g/mol. The molecule has 2 aromatic rings. The van der Waals surface area contributed by atoms with Gasteiger partial charge in [-0.05, 0) is 24.6 Å². The summed E-state index contributed by atoms with van der Waals surface area (Å²) in [7, 11) is 0. The highest BCUT2D eigenvalue weighted by Crippen LogP contribution is 2.31. The summed E-state index contributed by atoms with van der Waals surface area (Å²) in [4.78, 5) is 0. The van der Waals surface area contributed by atoms with Crippen molar-refractivity contribution in [1.82, 2.24) is 0 Å². The summed E-state index contributed by atoms with van der Waals surface area (Å²) >= 11 is 0. The van der Waals surface area contributed by atoms with Crippen molar-refractivity contribution < 1.29 is 14.6 Å². The summed E-state index contributed by atoms with van der Waals surface area (Å²) in [6.07, 6.45) is -0.339. The number of aryl methyl sites for hydroxylation is 1. The van der Waals surface area contributed by atoms with Gasteiger partial charge in [-0.1, -0.05) is 42.0 Å². The zero-order valence-corrected chi connectivity index (χ0v) is 11.5. The molecule has 0 saturated heterocycles. The lowest BCUT2D eigenvalue weighted by molar-refractivity contribution is -0.00941. The summed E-state index contributed by atoms with van der Waals surface area (Å²) in [5, 5.41) is 10.3. The maximum absolute atomic E-state index is 10.3. The molecule has 1 aliphatic rings. The van der Waals surface area contributed by atoms with Crippen LogP contribution in [0.1, 0.15) is 11.1 Å². The van der Waals surface area contributed by atoms with E-state index in [0.29, 0.717) is 18.8 Å². The van der Waals surface area contributed by atoms with Gasteiger partial charge >= 0.3 is 0 Å². The van der Waals surface area contributed by atoms with E-state index in [9.17, 15) is 5.11 Å². The predicted octanol–water partition coefficient (Wildman–Crippen LogP) is 2.74. The molecule has 2 unspecified atom stereocenters. The molecule has 1 aliphatic heterocycles. The van der Waals surface area contributed by atoms with Crippen LogP contribution in [0.5, 0.6) is 11.5 Å². The standard InChI is InChI=1S/C17H18O3/c1-12-6-8-13(9-7-12)10-14(18)17-11-19-15-4-2-3-5-16(15)20-17/h2-9,14,17-18H,10-11H2,1H3. The Morgan fingerprint density at radius 2 is 1.80 bits per heavy atom. The molecule has 20 heavy (non-hydrogen) atoms. The second-order valence-electron chi connectivity index (χ2n) is 5.17. The molecule has 0 saturated carbocycles. The van der Waals surface area contributed by atoms with Crippen LogP contribution in [0.15, 0.2) is 48.5 Å². The fourth-order valence-electron chi connectivity index (χ4n) is 2.32. The van der Waals surface area contributed by atoms with Crippen molar-refractivity contribution >= 4 is 0 Å². The van der Waals surface area contributed by atoms with Crippen molar-refractivity contribution in [2.45, 2.75) is 25.6 Å². The van der Waals surface area contributed by atoms with Gasteiger partial charge in [0, 0.05) is 6.42 Å². The molecule has 3 heteroatoms. The zero-order chi connectivity index (χ0) is 13.9. The highest BCUT2D eigenvalue weighted by Gasteiger charge is 2.27. The Morgan fingerprint density at radius 3 is 2.55 bits per heavy atom. The van der Waals surface area contributed by atoms with Crippen molar-refractivity contribution in [2.75, 3.05) is 6.61 Å². The lowest BCUT2D eigenvalue weighted by Gasteiger charge is -2.29. The maximum Gasteiger partial charge on any atom is 0.161 e. The molecule has 1 heterocycles. The number of para-hydroxylation sites is 2. The van der Waals surface area contributed by atoms with Crippen molar-refractivity contribution in [1.29, 1.82) is 0 Å². The molecule has 0 aromatic heterocycles. The molecule has 0 aliphatic carbocycles. The number of hydrogen-bond acceptors (Lipinski definition) is 3. The van der Waals surface area contributed by atoms with E-state index in [4.69, 9.17) is 9.47 Å². The molecule has 104 valence electrons. The van der Waals surface area contributed by atoms with Gasteiger partial charge in [0.1, 0.15) is 6.61 Å². The van der Waals surface area contributed by atoms with E-state index in [1.165, 1.54) is 5.56 Å². The Labute approximate surface area is 118 Å². The minimum atomic E-state index is -0.578. The first-order valence-corrected chi connectivity index (χ1v) is 6.84. The van der Waals surface area contributed by atoms with Gasteiger partial charge in [-0.15, -0.1) is 0 Å². The van der Waals surface area contributed by atoms with E-state index >= 15 is 0 Å².